The van der Waals surface area contributed by atoms with Gasteiger partial charge >= 0.3 is 5.69 Å². The monoisotopic (exact) mass is 280 g/mol. The number of carbonyl (C=O) groups excluding carboxylic acids is 1. The summed E-state index contributed by atoms with van der Waals surface area (Å²) in [6.07, 6.45) is 0. The van der Waals surface area contributed by atoms with Crippen molar-refractivity contribution in [2.75, 3.05) is 11.9 Å². The van der Waals surface area contributed by atoms with Crippen LogP contribution in [-0.4, -0.2) is 27.6 Å². The van der Waals surface area contributed by atoms with Gasteiger partial charge in [-0.15, -0.1) is 10.2 Å². The van der Waals surface area contributed by atoms with Crippen molar-refractivity contribution in [3.8, 4) is 5.75 Å². The molecule has 0 bridgehead atoms. The molecule has 1 aromatic heterocycles. The minimum atomic E-state index is -0.571. The van der Waals surface area contributed by atoms with E-state index in [1.165, 1.54) is 23.7 Å². The lowest BCUT2D eigenvalue weighted by molar-refractivity contribution is -0.385. The smallest absolute Gasteiger partial charge is 0.310 e. The van der Waals surface area contributed by atoms with E-state index in [4.69, 9.17) is 4.74 Å². The molecule has 0 saturated carbocycles. The first-order chi connectivity index (χ1) is 9.16. The Balaban J connectivity index is 1.95. The number of para-hydroxylation sites is 2. The Bertz CT molecular complexity index is 587. The molecule has 98 valence electrons. The lowest BCUT2D eigenvalue weighted by Crippen LogP contribution is -2.20. The maximum atomic E-state index is 11.5. The van der Waals surface area contributed by atoms with E-state index in [-0.39, 0.29) is 18.0 Å². The summed E-state index contributed by atoms with van der Waals surface area (Å²) < 4.78 is 5.11. The molecule has 9 heteroatoms. The van der Waals surface area contributed by atoms with Gasteiger partial charge in [-0.25, -0.2) is 0 Å². The van der Waals surface area contributed by atoms with Crippen molar-refractivity contribution < 1.29 is 14.5 Å². The molecule has 0 aliphatic rings. The van der Waals surface area contributed by atoms with Crippen LogP contribution in [0.3, 0.4) is 0 Å². The van der Waals surface area contributed by atoms with Gasteiger partial charge in [-0.1, -0.05) is 23.5 Å². The molecule has 0 aliphatic carbocycles. The summed E-state index contributed by atoms with van der Waals surface area (Å²) in [7, 11) is 0. The average molecular weight is 280 g/mol. The normalized spacial score (nSPS) is 9.89. The van der Waals surface area contributed by atoms with Gasteiger partial charge in [0.05, 0.1) is 4.92 Å². The minimum absolute atomic E-state index is 0.0416. The zero-order chi connectivity index (χ0) is 13.7. The average Bonchev–Trinajstić information content (AvgIpc) is 2.89. The number of hydrogen-bond donors (Lipinski definition) is 1. The third-order valence-electron chi connectivity index (χ3n) is 2.03. The molecule has 0 saturated heterocycles. The van der Waals surface area contributed by atoms with Crippen molar-refractivity contribution >= 4 is 28.1 Å². The van der Waals surface area contributed by atoms with Crippen molar-refractivity contribution in [3.05, 3.63) is 39.9 Å². The summed E-state index contributed by atoms with van der Waals surface area (Å²) in [5.74, 6) is -0.421. The molecule has 1 N–H and O–H groups in total. The number of nitrogens with zero attached hydrogens (tertiary/aromatic N) is 3. The van der Waals surface area contributed by atoms with Crippen LogP contribution in [0.25, 0.3) is 0 Å². The maximum Gasteiger partial charge on any atom is 0.310 e. The third kappa shape index (κ3) is 3.45. The summed E-state index contributed by atoms with van der Waals surface area (Å²) in [5, 5.41) is 20.7. The van der Waals surface area contributed by atoms with Crippen LogP contribution >= 0.6 is 11.3 Å². The van der Waals surface area contributed by atoms with Gasteiger partial charge in [0.15, 0.2) is 12.4 Å². The maximum absolute atomic E-state index is 11.5. The lowest BCUT2D eigenvalue weighted by atomic mass is 10.3. The zero-order valence-corrected chi connectivity index (χ0v) is 10.3. The van der Waals surface area contributed by atoms with E-state index in [1.54, 1.807) is 6.07 Å². The van der Waals surface area contributed by atoms with E-state index < -0.39 is 10.8 Å². The Hall–Kier alpha value is -2.55. The van der Waals surface area contributed by atoms with E-state index in [2.05, 4.69) is 15.5 Å². The summed E-state index contributed by atoms with van der Waals surface area (Å²) in [6, 6.07) is 5.84. The number of nitro benzene ring substituents is 1. The SMILES string of the molecule is O=C(COc1ccccc1[N+](=O)[O-])Nc1nncs1. The quantitative estimate of drug-likeness (QED) is 0.656. The van der Waals surface area contributed by atoms with Crippen molar-refractivity contribution in [1.82, 2.24) is 10.2 Å². The number of anilines is 1. The third-order valence-corrected chi connectivity index (χ3v) is 2.63. The topological polar surface area (TPSA) is 107 Å². The van der Waals surface area contributed by atoms with Crippen LogP contribution in [-0.2, 0) is 4.79 Å². The summed E-state index contributed by atoms with van der Waals surface area (Å²) >= 11 is 1.16. The first kappa shape index (κ1) is 12.9. The highest BCUT2D eigenvalue weighted by Gasteiger charge is 2.15. The Morgan fingerprint density at radius 2 is 2.26 bits per heavy atom. The number of aromatic nitrogens is 2. The predicted molar refractivity (Wildman–Crippen MR) is 67.1 cm³/mol. The Morgan fingerprint density at radius 1 is 1.47 bits per heavy atom. The number of nitrogens with one attached hydrogen (secondary N) is 1. The Kier molecular flexibility index (Phi) is 3.98. The second kappa shape index (κ2) is 5.87. The highest BCUT2D eigenvalue weighted by Crippen LogP contribution is 2.25. The standard InChI is InChI=1S/C10H8N4O4S/c15-9(12-10-13-11-6-19-10)5-18-8-4-2-1-3-7(8)14(16)17/h1-4,6H,5H2,(H,12,13,15). The number of carbonyl (C=O) groups is 1. The largest absolute Gasteiger partial charge is 0.477 e. The van der Waals surface area contributed by atoms with Crippen molar-refractivity contribution in [2.24, 2.45) is 0 Å². The van der Waals surface area contributed by atoms with Crippen LogP contribution in [0.4, 0.5) is 10.8 Å². The predicted octanol–water partition coefficient (Wildman–Crippen LogP) is 1.46. The molecule has 0 fully saturated rings. The molecule has 1 aromatic carbocycles. The zero-order valence-electron chi connectivity index (χ0n) is 9.48. The van der Waals surface area contributed by atoms with Crippen molar-refractivity contribution in [1.29, 1.82) is 0 Å². The van der Waals surface area contributed by atoms with Gasteiger partial charge in [0.2, 0.25) is 5.13 Å². The van der Waals surface area contributed by atoms with Crippen LogP contribution in [0.15, 0.2) is 29.8 Å². The molecule has 0 atom stereocenters. The fraction of sp³-hybridized carbons (Fsp3) is 0.100. The number of ether oxygens (including phenoxy) is 1. The fourth-order valence-corrected chi connectivity index (χ4v) is 1.72. The van der Waals surface area contributed by atoms with Gasteiger partial charge in [0.25, 0.3) is 5.91 Å². The summed E-state index contributed by atoms with van der Waals surface area (Å²) in [6.45, 7) is -0.343. The second-order valence-corrected chi connectivity index (χ2v) is 4.14. The van der Waals surface area contributed by atoms with Crippen LogP contribution in [0.2, 0.25) is 0 Å². The number of hydrogen-bond acceptors (Lipinski definition) is 7. The molecule has 0 aliphatic heterocycles. The Morgan fingerprint density at radius 3 is 2.95 bits per heavy atom. The van der Waals surface area contributed by atoms with Gasteiger partial charge in [-0.3, -0.25) is 20.2 Å². The van der Waals surface area contributed by atoms with E-state index in [0.29, 0.717) is 5.13 Å². The molecule has 1 amide bonds. The molecule has 2 aromatic rings. The van der Waals surface area contributed by atoms with E-state index in [9.17, 15) is 14.9 Å². The summed E-state index contributed by atoms with van der Waals surface area (Å²) in [4.78, 5) is 21.7. The van der Waals surface area contributed by atoms with Crippen molar-refractivity contribution in [3.63, 3.8) is 0 Å². The highest BCUT2D eigenvalue weighted by molar-refractivity contribution is 7.13. The summed E-state index contributed by atoms with van der Waals surface area (Å²) in [5.41, 5.74) is 1.28. The van der Waals surface area contributed by atoms with Gasteiger partial charge < -0.3 is 4.74 Å². The van der Waals surface area contributed by atoms with E-state index in [1.807, 2.05) is 0 Å². The van der Waals surface area contributed by atoms with Crippen LogP contribution < -0.4 is 10.1 Å². The molecular formula is C10H8N4O4S. The number of benzene rings is 1. The van der Waals surface area contributed by atoms with Gasteiger partial charge in [0, 0.05) is 6.07 Å². The minimum Gasteiger partial charge on any atom is -0.477 e. The van der Waals surface area contributed by atoms with Crippen LogP contribution in [0, 0.1) is 10.1 Å². The first-order valence-corrected chi connectivity index (χ1v) is 5.97. The first-order valence-electron chi connectivity index (χ1n) is 5.09. The van der Waals surface area contributed by atoms with Crippen LogP contribution in [0.1, 0.15) is 0 Å². The number of nitro groups is 1. The van der Waals surface area contributed by atoms with Gasteiger partial charge in [-0.2, -0.15) is 0 Å². The fourth-order valence-electron chi connectivity index (χ4n) is 1.26. The highest BCUT2D eigenvalue weighted by atomic mass is 32.1. The van der Waals surface area contributed by atoms with Crippen LogP contribution in [0.5, 0.6) is 5.75 Å². The molecule has 0 radical (unpaired) electrons. The van der Waals surface area contributed by atoms with E-state index in [0.717, 1.165) is 11.3 Å². The lowest BCUT2D eigenvalue weighted by Gasteiger charge is -2.05. The molecular weight excluding hydrogens is 272 g/mol. The van der Waals surface area contributed by atoms with Crippen molar-refractivity contribution in [2.45, 2.75) is 0 Å². The molecule has 0 unspecified atom stereocenters. The molecule has 0 spiro atoms. The molecule has 19 heavy (non-hydrogen) atoms. The Labute approximate surface area is 111 Å². The molecule has 2 rings (SSSR count). The molecule has 8 nitrogen and oxygen atoms in total. The number of amides is 1. The van der Waals surface area contributed by atoms with Gasteiger partial charge in [0.1, 0.15) is 5.51 Å². The number of rotatable bonds is 5. The molecule has 1 heterocycles. The van der Waals surface area contributed by atoms with Gasteiger partial charge in [-0.05, 0) is 6.07 Å². The second-order valence-electron chi connectivity index (χ2n) is 3.31. The van der Waals surface area contributed by atoms with E-state index >= 15 is 0 Å².